The van der Waals surface area contributed by atoms with Crippen LogP contribution in [0.1, 0.15) is 101 Å². The minimum atomic E-state index is 0.0178. The van der Waals surface area contributed by atoms with E-state index in [1.165, 1.54) is 106 Å². The minimum Gasteiger partial charge on any atom is -0.256 e. The van der Waals surface area contributed by atoms with E-state index in [2.05, 4.69) is 277 Å². The summed E-state index contributed by atoms with van der Waals surface area (Å²) in [5.41, 5.74) is 30.3. The first-order chi connectivity index (χ1) is 39.5. The van der Waals surface area contributed by atoms with Gasteiger partial charge in [0.05, 0.1) is 5.69 Å². The van der Waals surface area contributed by atoms with Crippen LogP contribution in [-0.4, -0.2) is 4.98 Å². The van der Waals surface area contributed by atoms with Gasteiger partial charge in [0.2, 0.25) is 0 Å². The fraction of sp³-hybridized carbons (Fsp3) is 0.177. The highest BCUT2D eigenvalue weighted by Gasteiger charge is 2.43. The summed E-state index contributed by atoms with van der Waals surface area (Å²) in [4.78, 5) is 5.16. The predicted octanol–water partition coefficient (Wildman–Crippen LogP) is 22.2. The Kier molecular flexibility index (Phi) is 13.7. The van der Waals surface area contributed by atoms with Crippen molar-refractivity contribution in [2.24, 2.45) is 0 Å². The molecule has 0 unspecified atom stereocenters. The summed E-state index contributed by atoms with van der Waals surface area (Å²) in [5, 5.41) is 0. The van der Waals surface area contributed by atoms with Crippen molar-refractivity contribution in [2.75, 3.05) is 0 Å². The maximum Gasteiger partial charge on any atom is 0.0702 e. The van der Waals surface area contributed by atoms with E-state index < -0.39 is 0 Å². The van der Waals surface area contributed by atoms with Gasteiger partial charge in [-0.2, -0.15) is 0 Å². The normalized spacial score (nSPS) is 13.3. The van der Waals surface area contributed by atoms with Crippen LogP contribution in [0.2, 0.25) is 0 Å². The maximum absolute atomic E-state index is 5.16. The molecule has 1 heteroatoms. The summed E-state index contributed by atoms with van der Waals surface area (Å²) in [6, 6.07) is 91.4. The Hall–Kier alpha value is -8.65. The van der Waals surface area contributed by atoms with Crippen LogP contribution >= 0.6 is 0 Å². The molecule has 0 atom stereocenters. The van der Waals surface area contributed by atoms with Crippen LogP contribution in [-0.2, 0) is 10.8 Å². The zero-order valence-corrected chi connectivity index (χ0v) is 46.8. The van der Waals surface area contributed by atoms with Crippen molar-refractivity contribution in [1.82, 2.24) is 4.98 Å². The maximum atomic E-state index is 5.16. The van der Waals surface area contributed by atoms with Gasteiger partial charge in [-0.25, -0.2) is 0 Å². The number of hydrogen-bond acceptors (Lipinski definition) is 1. The molecule has 13 rings (SSSR count). The number of hydrogen-bond donors (Lipinski definition) is 0. The molecule has 1 aromatic heterocycles. The summed E-state index contributed by atoms with van der Waals surface area (Å²) in [6.07, 6.45) is 11.2. The van der Waals surface area contributed by atoms with Crippen LogP contribution in [0.5, 0.6) is 0 Å². The van der Waals surface area contributed by atoms with Crippen molar-refractivity contribution in [2.45, 2.75) is 89.9 Å². The zero-order valence-electron chi connectivity index (χ0n) is 46.8. The highest BCUT2D eigenvalue weighted by atomic mass is 14.7. The third-order valence-electron chi connectivity index (χ3n) is 17.9. The van der Waals surface area contributed by atoms with Crippen LogP contribution in [0.4, 0.5) is 0 Å². The van der Waals surface area contributed by atoms with E-state index in [-0.39, 0.29) is 10.8 Å². The molecule has 0 amide bonds. The van der Waals surface area contributed by atoms with Crippen molar-refractivity contribution in [3.8, 4) is 111 Å². The second-order valence-corrected chi connectivity index (χ2v) is 22.6. The fourth-order valence-corrected chi connectivity index (χ4v) is 14.5. The summed E-state index contributed by atoms with van der Waals surface area (Å²) in [6.45, 7) is 9.39. The lowest BCUT2D eigenvalue weighted by Gasteiger charge is -2.32. The molecule has 0 spiro atoms. The van der Waals surface area contributed by atoms with Gasteiger partial charge in [-0.15, -0.1) is 0 Å². The van der Waals surface area contributed by atoms with Gasteiger partial charge in [-0.1, -0.05) is 272 Å². The standard InChI is InChI=1S/C79H69N/c1-5-46-78(47-6-2)70-30-20-18-28-64(70)66-43-40-61(50-72(66)78)54-32-36-59(37-33-54)76-68(56-22-12-9-13-23-56)52-69(63-42-45-74(80-53-63)57-24-14-10-15-25-57)75(58-26-16-11-17-27-58)77(76)60-38-34-55(35-39-60)62-41-44-67-65-29-19-21-31-71(65)79(48-7-3,49-8-4)73(67)51-62/h9-45,50-53H,5-8,46-49H2,1-4H3. The number of benzene rings is 10. The molecule has 390 valence electrons. The van der Waals surface area contributed by atoms with E-state index in [1.54, 1.807) is 0 Å². The molecule has 0 aliphatic heterocycles. The Morgan fingerprint density at radius 2 is 0.600 bits per heavy atom. The Labute approximate surface area is 474 Å². The second-order valence-electron chi connectivity index (χ2n) is 22.6. The molecule has 2 aliphatic rings. The lowest BCUT2D eigenvalue weighted by molar-refractivity contribution is 0.436. The van der Waals surface area contributed by atoms with Gasteiger partial charge in [0.25, 0.3) is 0 Å². The quantitative estimate of drug-likeness (QED) is 0.0940. The lowest BCUT2D eigenvalue weighted by Crippen LogP contribution is -2.25. The smallest absolute Gasteiger partial charge is 0.0702 e. The highest BCUT2D eigenvalue weighted by Crippen LogP contribution is 2.57. The molecular formula is C79H69N. The van der Waals surface area contributed by atoms with Crippen molar-refractivity contribution in [3.05, 3.63) is 271 Å². The van der Waals surface area contributed by atoms with E-state index in [0.29, 0.717) is 0 Å². The number of pyridine rings is 1. The van der Waals surface area contributed by atoms with Crippen LogP contribution in [0.25, 0.3) is 111 Å². The summed E-state index contributed by atoms with van der Waals surface area (Å²) in [5.74, 6) is 0. The number of rotatable bonds is 16. The molecule has 0 bridgehead atoms. The monoisotopic (exact) mass is 1030 g/mol. The van der Waals surface area contributed by atoms with E-state index in [1.807, 2.05) is 0 Å². The molecular weight excluding hydrogens is 963 g/mol. The van der Waals surface area contributed by atoms with Gasteiger partial charge < -0.3 is 0 Å². The number of nitrogens with zero attached hydrogens (tertiary/aromatic N) is 1. The van der Waals surface area contributed by atoms with Crippen molar-refractivity contribution in [3.63, 3.8) is 0 Å². The first-order valence-corrected chi connectivity index (χ1v) is 29.5. The highest BCUT2D eigenvalue weighted by molar-refractivity contribution is 6.08. The molecule has 2 aliphatic carbocycles. The number of fused-ring (bicyclic) bond motifs is 6. The van der Waals surface area contributed by atoms with Gasteiger partial charge >= 0.3 is 0 Å². The molecule has 0 saturated heterocycles. The lowest BCUT2D eigenvalue weighted by atomic mass is 9.71. The third-order valence-corrected chi connectivity index (χ3v) is 17.9. The van der Waals surface area contributed by atoms with Gasteiger partial charge in [0, 0.05) is 28.2 Å². The summed E-state index contributed by atoms with van der Waals surface area (Å²) >= 11 is 0. The summed E-state index contributed by atoms with van der Waals surface area (Å²) in [7, 11) is 0. The molecule has 0 fully saturated rings. The Bertz CT molecular complexity index is 3990. The van der Waals surface area contributed by atoms with Gasteiger partial charge in [0.15, 0.2) is 0 Å². The van der Waals surface area contributed by atoms with Crippen LogP contribution in [0, 0.1) is 0 Å². The topological polar surface area (TPSA) is 12.9 Å². The second kappa shape index (κ2) is 21.5. The molecule has 0 radical (unpaired) electrons. The minimum absolute atomic E-state index is 0.0178. The molecule has 0 N–H and O–H groups in total. The molecule has 80 heavy (non-hydrogen) atoms. The first kappa shape index (κ1) is 50.8. The Morgan fingerprint density at radius 1 is 0.250 bits per heavy atom. The molecule has 1 nitrogen and oxygen atoms in total. The van der Waals surface area contributed by atoms with Crippen LogP contribution in [0.15, 0.2) is 249 Å². The van der Waals surface area contributed by atoms with Crippen molar-refractivity contribution in [1.29, 1.82) is 0 Å². The fourth-order valence-electron chi connectivity index (χ4n) is 14.5. The molecule has 11 aromatic rings. The van der Waals surface area contributed by atoms with E-state index in [0.717, 1.165) is 79.3 Å². The van der Waals surface area contributed by atoms with E-state index >= 15 is 0 Å². The largest absolute Gasteiger partial charge is 0.256 e. The average Bonchev–Trinajstić information content (AvgIpc) is 4.07. The first-order valence-electron chi connectivity index (χ1n) is 29.5. The SMILES string of the molecule is CCCC1(CCC)c2ccccc2-c2ccc(-c3ccc(-c4c(-c5ccccc5)cc(-c5ccc(-c6ccccc6)nc5)c(-c5ccccc5)c4-c4ccc(-c5ccc6c(c5)C(CCC)(CCC)c5ccccc5-6)cc4)cc3)cc21. The van der Waals surface area contributed by atoms with Gasteiger partial charge in [-0.3, -0.25) is 4.98 Å². The molecule has 10 aromatic carbocycles. The Balaban J connectivity index is 1.01. The average molecular weight is 1030 g/mol. The van der Waals surface area contributed by atoms with Gasteiger partial charge in [0.1, 0.15) is 0 Å². The molecule has 0 saturated carbocycles. The summed E-state index contributed by atoms with van der Waals surface area (Å²) < 4.78 is 0. The molecule has 1 heterocycles. The van der Waals surface area contributed by atoms with Crippen molar-refractivity contribution >= 4 is 0 Å². The van der Waals surface area contributed by atoms with Gasteiger partial charge in [-0.05, 0) is 167 Å². The van der Waals surface area contributed by atoms with Crippen LogP contribution < -0.4 is 0 Å². The predicted molar refractivity (Wildman–Crippen MR) is 340 cm³/mol. The number of aromatic nitrogens is 1. The van der Waals surface area contributed by atoms with E-state index in [9.17, 15) is 0 Å². The van der Waals surface area contributed by atoms with Crippen molar-refractivity contribution < 1.29 is 0 Å². The zero-order chi connectivity index (χ0) is 54.2. The van der Waals surface area contributed by atoms with Crippen LogP contribution in [0.3, 0.4) is 0 Å². The third kappa shape index (κ3) is 8.67. The Morgan fingerprint density at radius 3 is 1.05 bits per heavy atom. The van der Waals surface area contributed by atoms with E-state index in [4.69, 9.17) is 4.98 Å².